The van der Waals surface area contributed by atoms with Crippen LogP contribution in [0.15, 0.2) is 22.7 Å². The molecule has 0 aromatic heterocycles. The molecule has 5 nitrogen and oxygen atoms in total. The first-order valence-electron chi connectivity index (χ1n) is 6.02. The van der Waals surface area contributed by atoms with Crippen LogP contribution < -0.4 is 11.1 Å². The van der Waals surface area contributed by atoms with Gasteiger partial charge in [-0.25, -0.2) is 4.79 Å². The van der Waals surface area contributed by atoms with Gasteiger partial charge in [-0.3, -0.25) is 4.79 Å². The Labute approximate surface area is 120 Å². The summed E-state index contributed by atoms with van der Waals surface area (Å²) in [5.41, 5.74) is 6.34. The molecule has 0 heterocycles. The second-order valence-corrected chi connectivity index (χ2v) is 5.16. The summed E-state index contributed by atoms with van der Waals surface area (Å²) in [5.74, 6) is -1.26. The molecule has 0 bridgehead atoms. The summed E-state index contributed by atoms with van der Waals surface area (Å²) in [6, 6.07) is 4.47. The maximum absolute atomic E-state index is 11.7. The molecule has 0 aliphatic heterocycles. The number of nitrogens with two attached hydrogens (primary N) is 1. The van der Waals surface area contributed by atoms with Gasteiger partial charge in [-0.2, -0.15) is 0 Å². The highest BCUT2D eigenvalue weighted by atomic mass is 79.9. The van der Waals surface area contributed by atoms with E-state index in [9.17, 15) is 9.59 Å². The zero-order valence-electron chi connectivity index (χ0n) is 10.6. The van der Waals surface area contributed by atoms with Crippen LogP contribution in [0.25, 0.3) is 0 Å². The molecule has 1 amide bonds. The smallest absolute Gasteiger partial charge is 0.336 e. The number of amides is 1. The molecule has 6 heteroatoms. The fourth-order valence-corrected chi connectivity index (χ4v) is 2.11. The number of nitrogens with one attached hydrogen (secondary N) is 1. The van der Waals surface area contributed by atoms with Crippen molar-refractivity contribution in [2.75, 3.05) is 5.32 Å². The van der Waals surface area contributed by atoms with E-state index in [1.165, 1.54) is 6.07 Å². The molecule has 0 radical (unpaired) electrons. The van der Waals surface area contributed by atoms with Gasteiger partial charge in [0.15, 0.2) is 0 Å². The quantitative estimate of drug-likeness (QED) is 0.748. The number of hydrogen-bond acceptors (Lipinski definition) is 3. The van der Waals surface area contributed by atoms with Crippen LogP contribution >= 0.6 is 15.9 Å². The van der Waals surface area contributed by atoms with E-state index in [-0.39, 0.29) is 23.9 Å². The Morgan fingerprint density at radius 3 is 2.74 bits per heavy atom. The molecule has 0 aliphatic rings. The third-order valence-electron chi connectivity index (χ3n) is 2.59. The Kier molecular flexibility index (Phi) is 5.98. The molecular weight excluding hydrogens is 312 g/mol. The zero-order valence-corrected chi connectivity index (χ0v) is 12.2. The summed E-state index contributed by atoms with van der Waals surface area (Å²) < 4.78 is 0.473. The van der Waals surface area contributed by atoms with Gasteiger partial charge in [-0.1, -0.05) is 13.3 Å². The van der Waals surface area contributed by atoms with Crippen molar-refractivity contribution >= 4 is 33.5 Å². The maximum atomic E-state index is 11.7. The van der Waals surface area contributed by atoms with E-state index in [1.807, 2.05) is 6.92 Å². The molecular formula is C13H17BrN2O3. The largest absolute Gasteiger partial charge is 0.478 e. The van der Waals surface area contributed by atoms with Crippen LogP contribution in [0.4, 0.5) is 5.69 Å². The molecule has 104 valence electrons. The van der Waals surface area contributed by atoms with Gasteiger partial charge in [0, 0.05) is 22.6 Å². The fourth-order valence-electron chi connectivity index (χ4n) is 1.69. The highest BCUT2D eigenvalue weighted by Gasteiger charge is 2.12. The van der Waals surface area contributed by atoms with E-state index in [2.05, 4.69) is 21.2 Å². The van der Waals surface area contributed by atoms with Crippen molar-refractivity contribution in [3.8, 4) is 0 Å². The van der Waals surface area contributed by atoms with Gasteiger partial charge in [0.2, 0.25) is 5.91 Å². The number of anilines is 1. The zero-order chi connectivity index (χ0) is 14.4. The topological polar surface area (TPSA) is 92.4 Å². The number of halogens is 1. The predicted molar refractivity (Wildman–Crippen MR) is 77.2 cm³/mol. The molecule has 0 aliphatic carbocycles. The number of carboxylic acids is 1. The molecule has 0 spiro atoms. The third-order valence-corrected chi connectivity index (χ3v) is 3.28. The Morgan fingerprint density at radius 2 is 2.16 bits per heavy atom. The van der Waals surface area contributed by atoms with Crippen molar-refractivity contribution in [2.45, 2.75) is 32.2 Å². The van der Waals surface area contributed by atoms with Gasteiger partial charge >= 0.3 is 5.97 Å². The third kappa shape index (κ3) is 5.00. The molecule has 19 heavy (non-hydrogen) atoms. The summed E-state index contributed by atoms with van der Waals surface area (Å²) in [5, 5.41) is 11.6. The highest BCUT2D eigenvalue weighted by molar-refractivity contribution is 9.10. The summed E-state index contributed by atoms with van der Waals surface area (Å²) >= 11 is 3.14. The molecule has 1 aromatic rings. The van der Waals surface area contributed by atoms with E-state index >= 15 is 0 Å². The predicted octanol–water partition coefficient (Wildman–Crippen LogP) is 2.60. The number of rotatable bonds is 6. The van der Waals surface area contributed by atoms with Gasteiger partial charge in [0.25, 0.3) is 0 Å². The van der Waals surface area contributed by atoms with Crippen LogP contribution in [0, 0.1) is 0 Å². The van der Waals surface area contributed by atoms with Gasteiger partial charge in [0.1, 0.15) is 0 Å². The first kappa shape index (κ1) is 15.7. The first-order valence-corrected chi connectivity index (χ1v) is 6.81. The number of carbonyl (C=O) groups excluding carboxylic acids is 1. The van der Waals surface area contributed by atoms with E-state index in [0.29, 0.717) is 10.2 Å². The van der Waals surface area contributed by atoms with Gasteiger partial charge in [0.05, 0.1) is 5.56 Å². The average molecular weight is 329 g/mol. The Bertz CT molecular complexity index is 477. The van der Waals surface area contributed by atoms with Gasteiger partial charge in [-0.15, -0.1) is 0 Å². The average Bonchev–Trinajstić information content (AvgIpc) is 2.31. The Balaban J connectivity index is 2.69. The van der Waals surface area contributed by atoms with E-state index in [1.54, 1.807) is 12.1 Å². The molecule has 0 fully saturated rings. The minimum Gasteiger partial charge on any atom is -0.478 e. The second-order valence-electron chi connectivity index (χ2n) is 4.30. The summed E-state index contributed by atoms with van der Waals surface area (Å²) in [7, 11) is 0. The molecule has 0 saturated heterocycles. The van der Waals surface area contributed by atoms with Crippen molar-refractivity contribution in [3.63, 3.8) is 0 Å². The number of carbonyl (C=O) groups is 2. The molecule has 1 rings (SSSR count). The lowest BCUT2D eigenvalue weighted by Crippen LogP contribution is -2.26. The fraction of sp³-hybridized carbons (Fsp3) is 0.385. The first-order chi connectivity index (χ1) is 8.93. The lowest BCUT2D eigenvalue weighted by Gasteiger charge is -2.11. The minimum atomic E-state index is -1.05. The van der Waals surface area contributed by atoms with E-state index in [4.69, 9.17) is 10.8 Å². The van der Waals surface area contributed by atoms with Crippen LogP contribution in [0.5, 0.6) is 0 Å². The molecule has 1 aromatic carbocycles. The highest BCUT2D eigenvalue weighted by Crippen LogP contribution is 2.21. The van der Waals surface area contributed by atoms with Crippen molar-refractivity contribution in [1.82, 2.24) is 0 Å². The van der Waals surface area contributed by atoms with E-state index in [0.717, 1.165) is 12.8 Å². The standard InChI is InChI=1S/C13H17BrN2O3/c1-2-3-8(15)6-12(17)16-9-4-5-11(14)10(7-9)13(18)19/h4-5,7-8H,2-3,6,15H2,1H3,(H,16,17)(H,18,19). The van der Waals surface area contributed by atoms with Crippen molar-refractivity contribution in [1.29, 1.82) is 0 Å². The summed E-state index contributed by atoms with van der Waals surface area (Å²) in [4.78, 5) is 22.7. The van der Waals surface area contributed by atoms with Crippen molar-refractivity contribution in [2.24, 2.45) is 5.73 Å². The lowest BCUT2D eigenvalue weighted by molar-refractivity contribution is -0.116. The van der Waals surface area contributed by atoms with Crippen LogP contribution in [-0.2, 0) is 4.79 Å². The Morgan fingerprint density at radius 1 is 1.47 bits per heavy atom. The molecule has 1 atom stereocenters. The molecule has 4 N–H and O–H groups in total. The minimum absolute atomic E-state index is 0.107. The van der Waals surface area contributed by atoms with Gasteiger partial charge in [-0.05, 0) is 40.5 Å². The SMILES string of the molecule is CCCC(N)CC(=O)Nc1ccc(Br)c(C(=O)O)c1. The lowest BCUT2D eigenvalue weighted by atomic mass is 10.1. The summed E-state index contributed by atoms with van der Waals surface area (Å²) in [6.45, 7) is 2.01. The number of hydrogen-bond donors (Lipinski definition) is 3. The monoisotopic (exact) mass is 328 g/mol. The van der Waals surface area contributed by atoms with Crippen LogP contribution in [-0.4, -0.2) is 23.0 Å². The number of aromatic carboxylic acids is 1. The van der Waals surface area contributed by atoms with Crippen LogP contribution in [0.2, 0.25) is 0 Å². The van der Waals surface area contributed by atoms with Gasteiger partial charge < -0.3 is 16.2 Å². The Hall–Kier alpha value is -1.40. The number of carboxylic acid groups (broad SMARTS) is 1. The number of benzene rings is 1. The van der Waals surface area contributed by atoms with E-state index < -0.39 is 5.97 Å². The normalized spacial score (nSPS) is 11.9. The van der Waals surface area contributed by atoms with Crippen molar-refractivity contribution < 1.29 is 14.7 Å². The maximum Gasteiger partial charge on any atom is 0.336 e. The molecule has 1 unspecified atom stereocenters. The van der Waals surface area contributed by atoms with Crippen molar-refractivity contribution in [3.05, 3.63) is 28.2 Å². The summed E-state index contributed by atoms with van der Waals surface area (Å²) in [6.07, 6.45) is 1.94. The van der Waals surface area contributed by atoms with Crippen LogP contribution in [0.3, 0.4) is 0 Å². The second kappa shape index (κ2) is 7.25. The molecule has 0 saturated carbocycles. The van der Waals surface area contributed by atoms with Crippen LogP contribution in [0.1, 0.15) is 36.5 Å².